The minimum atomic E-state index is -3.79. The van der Waals surface area contributed by atoms with Gasteiger partial charge in [0, 0.05) is 18.5 Å². The van der Waals surface area contributed by atoms with Crippen molar-refractivity contribution in [3.05, 3.63) is 64.4 Å². The van der Waals surface area contributed by atoms with Gasteiger partial charge in [0.1, 0.15) is 5.82 Å². The lowest BCUT2D eigenvalue weighted by molar-refractivity contribution is -0.116. The Balaban J connectivity index is 1.75. The van der Waals surface area contributed by atoms with E-state index in [0.29, 0.717) is 16.3 Å². The summed E-state index contributed by atoms with van der Waals surface area (Å²) in [6.07, 6.45) is 0.176. The Hall–Kier alpha value is -2.45. The zero-order valence-corrected chi connectivity index (χ0v) is 15.7. The molecule has 1 saturated heterocycles. The van der Waals surface area contributed by atoms with Crippen LogP contribution < -0.4 is 9.62 Å². The van der Waals surface area contributed by atoms with Gasteiger partial charge in [-0.05, 0) is 36.2 Å². The molecule has 0 aromatic heterocycles. The number of hydrogen-bond acceptors (Lipinski definition) is 4. The Morgan fingerprint density at radius 2 is 1.96 bits per heavy atom. The summed E-state index contributed by atoms with van der Waals surface area (Å²) in [5, 5.41) is 2.69. The number of hydrogen-bond donors (Lipinski definition) is 1. The highest BCUT2D eigenvalue weighted by Crippen LogP contribution is 2.32. The molecule has 0 aliphatic carbocycles. The summed E-state index contributed by atoms with van der Waals surface area (Å²) in [6, 6.07) is 10.3. The van der Waals surface area contributed by atoms with Crippen molar-refractivity contribution in [3.8, 4) is 0 Å². The SMILES string of the molecule is O=C(NCCc1ccccc1F)c1ccc(Cl)c(N2C(=O)CCS2(=O)=O)c1. The van der Waals surface area contributed by atoms with Crippen LogP contribution >= 0.6 is 11.6 Å². The summed E-state index contributed by atoms with van der Waals surface area (Å²) >= 11 is 6.04. The Bertz CT molecular complexity index is 1010. The number of benzene rings is 2. The van der Waals surface area contributed by atoms with Crippen molar-refractivity contribution >= 4 is 39.1 Å². The third-order valence-corrected chi connectivity index (χ3v) is 6.14. The average molecular weight is 411 g/mol. The normalized spacial score (nSPS) is 15.8. The van der Waals surface area contributed by atoms with Gasteiger partial charge in [0.15, 0.2) is 0 Å². The fourth-order valence-corrected chi connectivity index (χ4v) is 4.49. The summed E-state index contributed by atoms with van der Waals surface area (Å²) < 4.78 is 38.4. The van der Waals surface area contributed by atoms with E-state index in [-0.39, 0.29) is 40.8 Å². The first-order valence-electron chi connectivity index (χ1n) is 8.16. The minimum absolute atomic E-state index is 0.0408. The van der Waals surface area contributed by atoms with E-state index in [9.17, 15) is 22.4 Å². The third kappa shape index (κ3) is 4.12. The summed E-state index contributed by atoms with van der Waals surface area (Å²) in [6.45, 7) is 0.193. The number of rotatable bonds is 5. The lowest BCUT2D eigenvalue weighted by Crippen LogP contribution is -2.30. The van der Waals surface area contributed by atoms with Gasteiger partial charge >= 0.3 is 0 Å². The molecular formula is C18H16ClFN2O4S. The van der Waals surface area contributed by atoms with Crippen LogP contribution in [0.3, 0.4) is 0 Å². The first kappa shape index (κ1) is 19.3. The molecule has 2 aromatic rings. The fourth-order valence-electron chi connectivity index (χ4n) is 2.77. The van der Waals surface area contributed by atoms with E-state index in [2.05, 4.69) is 5.32 Å². The van der Waals surface area contributed by atoms with Crippen molar-refractivity contribution in [1.82, 2.24) is 5.32 Å². The smallest absolute Gasteiger partial charge is 0.251 e. The maximum Gasteiger partial charge on any atom is 0.251 e. The van der Waals surface area contributed by atoms with Gasteiger partial charge in [-0.15, -0.1) is 0 Å². The monoisotopic (exact) mass is 410 g/mol. The van der Waals surface area contributed by atoms with Gasteiger partial charge in [0.25, 0.3) is 5.91 Å². The molecule has 0 unspecified atom stereocenters. The highest BCUT2D eigenvalue weighted by atomic mass is 35.5. The molecule has 1 aliphatic heterocycles. The highest BCUT2D eigenvalue weighted by molar-refractivity contribution is 7.94. The lowest BCUT2D eigenvalue weighted by Gasteiger charge is -2.17. The molecule has 142 valence electrons. The molecule has 0 spiro atoms. The Kier molecular flexibility index (Phi) is 5.48. The molecule has 0 bridgehead atoms. The van der Waals surface area contributed by atoms with E-state index in [1.54, 1.807) is 18.2 Å². The first-order chi connectivity index (χ1) is 12.8. The summed E-state index contributed by atoms with van der Waals surface area (Å²) in [7, 11) is -3.79. The summed E-state index contributed by atoms with van der Waals surface area (Å²) in [5.41, 5.74) is 0.585. The van der Waals surface area contributed by atoms with E-state index in [1.165, 1.54) is 24.3 Å². The maximum absolute atomic E-state index is 13.6. The summed E-state index contributed by atoms with van der Waals surface area (Å²) in [4.78, 5) is 24.3. The van der Waals surface area contributed by atoms with Crippen LogP contribution in [0.4, 0.5) is 10.1 Å². The van der Waals surface area contributed by atoms with Crippen molar-refractivity contribution in [2.75, 3.05) is 16.6 Å². The molecule has 1 fully saturated rings. The molecule has 6 nitrogen and oxygen atoms in total. The predicted molar refractivity (Wildman–Crippen MR) is 99.8 cm³/mol. The van der Waals surface area contributed by atoms with Crippen LogP contribution in [0.1, 0.15) is 22.3 Å². The number of nitrogens with zero attached hydrogens (tertiary/aromatic N) is 1. The van der Waals surface area contributed by atoms with Crippen molar-refractivity contribution in [3.63, 3.8) is 0 Å². The second-order valence-electron chi connectivity index (χ2n) is 5.99. The molecular weight excluding hydrogens is 395 g/mol. The third-order valence-electron chi connectivity index (χ3n) is 4.14. The molecule has 2 amide bonds. The fraction of sp³-hybridized carbons (Fsp3) is 0.222. The summed E-state index contributed by atoms with van der Waals surface area (Å²) in [5.74, 6) is -1.71. The average Bonchev–Trinajstić information content (AvgIpc) is 2.90. The van der Waals surface area contributed by atoms with E-state index in [4.69, 9.17) is 11.6 Å². The maximum atomic E-state index is 13.6. The molecule has 0 radical (unpaired) electrons. The van der Waals surface area contributed by atoms with E-state index < -0.39 is 21.8 Å². The van der Waals surface area contributed by atoms with Crippen LogP contribution in [0, 0.1) is 5.82 Å². The van der Waals surface area contributed by atoms with Crippen molar-refractivity contribution in [2.45, 2.75) is 12.8 Å². The molecule has 27 heavy (non-hydrogen) atoms. The van der Waals surface area contributed by atoms with Gasteiger partial charge in [-0.2, -0.15) is 0 Å². The predicted octanol–water partition coefficient (Wildman–Crippen LogP) is 2.52. The van der Waals surface area contributed by atoms with Gasteiger partial charge < -0.3 is 5.32 Å². The molecule has 1 aliphatic rings. The van der Waals surface area contributed by atoms with Crippen molar-refractivity contribution < 1.29 is 22.4 Å². The van der Waals surface area contributed by atoms with Gasteiger partial charge in [0.2, 0.25) is 15.9 Å². The van der Waals surface area contributed by atoms with Gasteiger partial charge in [-0.1, -0.05) is 29.8 Å². The molecule has 1 N–H and O–H groups in total. The Labute approximate surface area is 161 Å². The number of amides is 2. The molecule has 0 saturated carbocycles. The number of nitrogens with one attached hydrogen (secondary N) is 1. The molecule has 2 aromatic carbocycles. The Morgan fingerprint density at radius 1 is 1.22 bits per heavy atom. The quantitative estimate of drug-likeness (QED) is 0.821. The van der Waals surface area contributed by atoms with Crippen LogP contribution in [0.5, 0.6) is 0 Å². The van der Waals surface area contributed by atoms with Gasteiger partial charge in [-0.25, -0.2) is 17.1 Å². The van der Waals surface area contributed by atoms with Crippen LogP contribution in [0.2, 0.25) is 5.02 Å². The van der Waals surface area contributed by atoms with Gasteiger partial charge in [0.05, 0.1) is 16.5 Å². The topological polar surface area (TPSA) is 83.6 Å². The number of carbonyl (C=O) groups is 2. The lowest BCUT2D eigenvalue weighted by atomic mass is 10.1. The van der Waals surface area contributed by atoms with E-state index in [1.807, 2.05) is 0 Å². The molecule has 1 heterocycles. The molecule has 3 rings (SSSR count). The minimum Gasteiger partial charge on any atom is -0.352 e. The largest absolute Gasteiger partial charge is 0.352 e. The van der Waals surface area contributed by atoms with E-state index >= 15 is 0 Å². The van der Waals surface area contributed by atoms with Crippen molar-refractivity contribution in [1.29, 1.82) is 0 Å². The number of sulfonamides is 1. The van der Waals surface area contributed by atoms with E-state index in [0.717, 1.165) is 0 Å². The number of anilines is 1. The molecule has 0 atom stereocenters. The number of halogens is 2. The zero-order chi connectivity index (χ0) is 19.6. The van der Waals surface area contributed by atoms with Crippen LogP contribution in [-0.2, 0) is 21.2 Å². The highest BCUT2D eigenvalue weighted by Gasteiger charge is 2.37. The molecule has 9 heteroatoms. The van der Waals surface area contributed by atoms with Gasteiger partial charge in [-0.3, -0.25) is 9.59 Å². The first-order valence-corrected chi connectivity index (χ1v) is 10.2. The van der Waals surface area contributed by atoms with Crippen LogP contribution in [-0.4, -0.2) is 32.5 Å². The van der Waals surface area contributed by atoms with Crippen LogP contribution in [0.25, 0.3) is 0 Å². The Morgan fingerprint density at radius 3 is 2.63 bits per heavy atom. The number of carbonyl (C=O) groups excluding carboxylic acids is 2. The standard InChI is InChI=1S/C18H16ClFN2O4S/c19-14-6-5-13(11-16(14)22-17(23)8-10-27(22,25)26)18(24)21-9-7-12-3-1-2-4-15(12)20/h1-6,11H,7-10H2,(H,21,24). The van der Waals surface area contributed by atoms with Crippen LogP contribution in [0.15, 0.2) is 42.5 Å². The second-order valence-corrected chi connectivity index (χ2v) is 8.33. The second kappa shape index (κ2) is 7.66. The zero-order valence-electron chi connectivity index (χ0n) is 14.1. The van der Waals surface area contributed by atoms with Crippen molar-refractivity contribution in [2.24, 2.45) is 0 Å².